The molecule has 1 aliphatic rings. The van der Waals surface area contributed by atoms with Gasteiger partial charge in [0.2, 0.25) is 0 Å². The number of aryl methyl sites for hydroxylation is 2. The third-order valence-corrected chi connectivity index (χ3v) is 6.20. The Balaban J connectivity index is 1.69. The average Bonchev–Trinajstić information content (AvgIpc) is 3.17. The highest BCUT2D eigenvalue weighted by atomic mass is 16.6. The zero-order chi connectivity index (χ0) is 24.7. The highest BCUT2D eigenvalue weighted by molar-refractivity contribution is 5.88. The van der Waals surface area contributed by atoms with E-state index in [1.807, 2.05) is 26.8 Å². The molecule has 2 aromatic rings. The van der Waals surface area contributed by atoms with Gasteiger partial charge in [-0.15, -0.1) is 5.10 Å². The molecule has 10 nitrogen and oxygen atoms in total. The number of amides is 1. The molecule has 10 heteroatoms. The number of hydrogen-bond donors (Lipinski definition) is 1. The number of esters is 1. The molecule has 1 fully saturated rings. The van der Waals surface area contributed by atoms with Gasteiger partial charge in [0.1, 0.15) is 11.9 Å². The van der Waals surface area contributed by atoms with Crippen LogP contribution in [0.25, 0.3) is 11.4 Å². The predicted molar refractivity (Wildman–Crippen MR) is 126 cm³/mol. The Kier molecular flexibility index (Phi) is 8.84. The smallest absolute Gasteiger partial charge is 0.413 e. The van der Waals surface area contributed by atoms with E-state index in [-0.39, 0.29) is 23.9 Å². The van der Waals surface area contributed by atoms with Crippen LogP contribution in [0.3, 0.4) is 0 Å². The van der Waals surface area contributed by atoms with Gasteiger partial charge < -0.3 is 14.2 Å². The second-order valence-corrected chi connectivity index (χ2v) is 8.81. The summed E-state index contributed by atoms with van der Waals surface area (Å²) in [7, 11) is 3.12. The van der Waals surface area contributed by atoms with E-state index in [4.69, 9.17) is 14.2 Å². The molecule has 0 saturated heterocycles. The van der Waals surface area contributed by atoms with Crippen LogP contribution in [-0.2, 0) is 21.3 Å². The number of hydrogen-bond acceptors (Lipinski definition) is 8. The number of carbonyl (C=O) groups is 2. The van der Waals surface area contributed by atoms with Crippen molar-refractivity contribution >= 4 is 17.9 Å². The van der Waals surface area contributed by atoms with Crippen molar-refractivity contribution in [1.29, 1.82) is 0 Å². The minimum absolute atomic E-state index is 0.122. The van der Waals surface area contributed by atoms with Crippen LogP contribution < -0.4 is 10.1 Å². The summed E-state index contributed by atoms with van der Waals surface area (Å²) in [6, 6.07) is 3.61. The molecule has 1 N–H and O–H groups in total. The van der Waals surface area contributed by atoms with Crippen molar-refractivity contribution in [2.75, 3.05) is 19.0 Å². The van der Waals surface area contributed by atoms with Crippen LogP contribution in [0.4, 0.5) is 10.6 Å². The molecule has 3 atom stereocenters. The number of pyridine rings is 1. The molecule has 0 radical (unpaired) electrons. The van der Waals surface area contributed by atoms with E-state index in [1.54, 1.807) is 13.1 Å². The van der Waals surface area contributed by atoms with Gasteiger partial charge in [0, 0.05) is 13.0 Å². The molecule has 2 aromatic heterocycles. The molecule has 0 spiro atoms. The van der Waals surface area contributed by atoms with E-state index >= 15 is 0 Å². The number of methoxy groups -OCH3 is 1. The van der Waals surface area contributed by atoms with Crippen molar-refractivity contribution in [3.63, 3.8) is 0 Å². The summed E-state index contributed by atoms with van der Waals surface area (Å²) >= 11 is 0. The molecule has 1 amide bonds. The predicted octanol–water partition coefficient (Wildman–Crippen LogP) is 4.28. The van der Waals surface area contributed by atoms with Crippen molar-refractivity contribution in [1.82, 2.24) is 20.0 Å². The van der Waals surface area contributed by atoms with Crippen LogP contribution in [0.2, 0.25) is 0 Å². The fourth-order valence-corrected chi connectivity index (χ4v) is 4.34. The second kappa shape index (κ2) is 11.8. The first-order chi connectivity index (χ1) is 16.3. The molecule has 0 aliphatic heterocycles. The number of anilines is 1. The lowest BCUT2D eigenvalue weighted by Gasteiger charge is -2.29. The molecule has 0 aromatic carbocycles. The van der Waals surface area contributed by atoms with Crippen LogP contribution in [0.15, 0.2) is 12.1 Å². The zero-order valence-electron chi connectivity index (χ0n) is 20.7. The van der Waals surface area contributed by atoms with Gasteiger partial charge in [0.05, 0.1) is 31.0 Å². The normalized spacial score (nSPS) is 18.7. The van der Waals surface area contributed by atoms with E-state index < -0.39 is 6.09 Å². The minimum Gasteiger partial charge on any atom is -0.491 e. The Morgan fingerprint density at radius 2 is 2.03 bits per heavy atom. The Hall–Kier alpha value is -3.17. The Bertz CT molecular complexity index is 992. The first-order valence-corrected chi connectivity index (χ1v) is 11.9. The molecule has 1 aliphatic carbocycles. The van der Waals surface area contributed by atoms with E-state index in [0.717, 1.165) is 38.5 Å². The number of carbonyl (C=O) groups excluding carboxylic acids is 2. The van der Waals surface area contributed by atoms with Gasteiger partial charge in [-0.05, 0) is 45.2 Å². The average molecular weight is 474 g/mol. The van der Waals surface area contributed by atoms with Crippen molar-refractivity contribution in [2.24, 2.45) is 18.9 Å². The van der Waals surface area contributed by atoms with Crippen molar-refractivity contribution in [2.45, 2.75) is 65.4 Å². The number of rotatable bonds is 9. The summed E-state index contributed by atoms with van der Waals surface area (Å²) in [6.07, 6.45) is 4.85. The number of nitrogens with one attached hydrogen (secondary N) is 1. The van der Waals surface area contributed by atoms with Gasteiger partial charge in [-0.3, -0.25) is 10.1 Å². The van der Waals surface area contributed by atoms with E-state index in [0.29, 0.717) is 35.3 Å². The lowest BCUT2D eigenvalue weighted by atomic mass is 9.80. The fourth-order valence-electron chi connectivity index (χ4n) is 4.34. The van der Waals surface area contributed by atoms with E-state index in [9.17, 15) is 9.59 Å². The van der Waals surface area contributed by atoms with Crippen LogP contribution in [-0.4, -0.2) is 51.9 Å². The first kappa shape index (κ1) is 25.5. The summed E-state index contributed by atoms with van der Waals surface area (Å²) in [4.78, 5) is 29.0. The summed E-state index contributed by atoms with van der Waals surface area (Å²) in [5.74, 6) is 0.877. The quantitative estimate of drug-likeness (QED) is 0.536. The monoisotopic (exact) mass is 473 g/mol. The zero-order valence-corrected chi connectivity index (χ0v) is 20.7. The summed E-state index contributed by atoms with van der Waals surface area (Å²) < 4.78 is 17.9. The number of ether oxygens (including phenoxy) is 3. The molecular weight excluding hydrogens is 438 g/mol. The second-order valence-electron chi connectivity index (χ2n) is 8.81. The van der Waals surface area contributed by atoms with Crippen LogP contribution in [0.1, 0.15) is 58.1 Å². The SMILES string of the molecule is CCC[C@@H](C)OC(=O)Nc1c(-c2ccc(OC[C@H]3CCCC[C@@H]3C(=O)OC)c(C)n2)nnn1C. The Morgan fingerprint density at radius 3 is 2.74 bits per heavy atom. The molecule has 1 saturated carbocycles. The van der Waals surface area contributed by atoms with Crippen molar-refractivity contribution in [3.05, 3.63) is 17.8 Å². The highest BCUT2D eigenvalue weighted by Gasteiger charge is 2.32. The summed E-state index contributed by atoms with van der Waals surface area (Å²) in [6.45, 7) is 6.17. The number of nitrogens with zero attached hydrogens (tertiary/aromatic N) is 4. The van der Waals surface area contributed by atoms with Gasteiger partial charge in [-0.1, -0.05) is 31.4 Å². The molecular formula is C24H35N5O5. The van der Waals surface area contributed by atoms with Gasteiger partial charge in [-0.2, -0.15) is 0 Å². The van der Waals surface area contributed by atoms with Gasteiger partial charge >= 0.3 is 12.1 Å². The largest absolute Gasteiger partial charge is 0.491 e. The van der Waals surface area contributed by atoms with E-state index in [1.165, 1.54) is 11.8 Å². The molecule has 34 heavy (non-hydrogen) atoms. The molecule has 0 unspecified atom stereocenters. The third kappa shape index (κ3) is 6.24. The Morgan fingerprint density at radius 1 is 1.26 bits per heavy atom. The van der Waals surface area contributed by atoms with Gasteiger partial charge in [0.15, 0.2) is 11.5 Å². The van der Waals surface area contributed by atoms with Crippen molar-refractivity contribution in [3.8, 4) is 17.1 Å². The maximum atomic E-state index is 12.3. The molecule has 3 rings (SSSR count). The van der Waals surface area contributed by atoms with E-state index in [2.05, 4.69) is 20.6 Å². The lowest BCUT2D eigenvalue weighted by molar-refractivity contribution is -0.149. The lowest BCUT2D eigenvalue weighted by Crippen LogP contribution is -2.32. The molecule has 0 bridgehead atoms. The molecule has 186 valence electrons. The third-order valence-electron chi connectivity index (χ3n) is 6.20. The standard InChI is InChI=1S/C24H35N5O5/c1-6-9-15(2)34-24(31)26-22-21(27-28-29(22)4)19-12-13-20(16(3)25-19)33-14-17-10-7-8-11-18(17)23(30)32-5/h12-13,15,17-18H,6-11,14H2,1-5H3,(H,26,31)/t15-,17-,18+/m1/s1. The van der Waals surface area contributed by atoms with Crippen LogP contribution in [0.5, 0.6) is 5.75 Å². The highest BCUT2D eigenvalue weighted by Crippen LogP contribution is 2.32. The first-order valence-electron chi connectivity index (χ1n) is 11.9. The van der Waals surface area contributed by atoms with Crippen molar-refractivity contribution < 1.29 is 23.8 Å². The van der Waals surface area contributed by atoms with Crippen LogP contribution in [0, 0.1) is 18.8 Å². The topological polar surface area (TPSA) is 117 Å². The van der Waals surface area contributed by atoms with Crippen LogP contribution >= 0.6 is 0 Å². The maximum absolute atomic E-state index is 12.3. The number of aromatic nitrogens is 4. The Labute approximate surface area is 200 Å². The maximum Gasteiger partial charge on any atom is 0.413 e. The summed E-state index contributed by atoms with van der Waals surface area (Å²) in [5, 5.41) is 10.9. The minimum atomic E-state index is -0.558. The summed E-state index contributed by atoms with van der Waals surface area (Å²) in [5.41, 5.74) is 1.67. The van der Waals surface area contributed by atoms with Gasteiger partial charge in [0.25, 0.3) is 0 Å². The fraction of sp³-hybridized carbons (Fsp3) is 0.625. The van der Waals surface area contributed by atoms with Gasteiger partial charge in [-0.25, -0.2) is 14.5 Å². The molecule has 2 heterocycles.